The van der Waals surface area contributed by atoms with E-state index in [1.54, 1.807) is 24.3 Å². The van der Waals surface area contributed by atoms with Gasteiger partial charge in [0.15, 0.2) is 6.04 Å². The highest BCUT2D eigenvalue weighted by atomic mass is 79.9. The number of rotatable bonds is 6. The van der Waals surface area contributed by atoms with Gasteiger partial charge in [0.2, 0.25) is 5.91 Å². The molecule has 0 bridgehead atoms. The van der Waals surface area contributed by atoms with Crippen molar-refractivity contribution >= 4 is 33.7 Å². The molecule has 114 valence electrons. The van der Waals surface area contributed by atoms with Crippen molar-refractivity contribution in [1.82, 2.24) is 10.6 Å². The number of aliphatic hydroxyl groups excluding tert-OH is 1. The number of carboxylic acids is 1. The summed E-state index contributed by atoms with van der Waals surface area (Å²) in [5.74, 6) is -2.52. The fourth-order valence-electron chi connectivity index (χ4n) is 1.51. The first kappa shape index (κ1) is 17.1. The van der Waals surface area contributed by atoms with Gasteiger partial charge in [0.05, 0.1) is 12.6 Å². The van der Waals surface area contributed by atoms with Crippen molar-refractivity contribution in [2.75, 3.05) is 6.54 Å². The second-order valence-electron chi connectivity index (χ2n) is 4.32. The van der Waals surface area contributed by atoms with Crippen molar-refractivity contribution < 1.29 is 24.6 Å². The van der Waals surface area contributed by atoms with E-state index in [2.05, 4.69) is 26.6 Å². The summed E-state index contributed by atoms with van der Waals surface area (Å²) in [6, 6.07) is 5.17. The minimum absolute atomic E-state index is 0.363. The lowest BCUT2D eigenvalue weighted by atomic mass is 10.2. The molecule has 4 N–H and O–H groups in total. The average Bonchev–Trinajstić information content (AvgIpc) is 2.41. The van der Waals surface area contributed by atoms with Crippen LogP contribution in [-0.4, -0.2) is 46.7 Å². The molecule has 0 unspecified atom stereocenters. The van der Waals surface area contributed by atoms with E-state index in [1.807, 2.05) is 0 Å². The monoisotopic (exact) mass is 358 g/mol. The highest BCUT2D eigenvalue weighted by Gasteiger charge is 2.24. The molecule has 0 radical (unpaired) electrons. The largest absolute Gasteiger partial charge is 0.480 e. The predicted octanol–water partition coefficient (Wildman–Crippen LogP) is 0.129. The van der Waals surface area contributed by atoms with Gasteiger partial charge in [-0.3, -0.25) is 9.59 Å². The molecule has 0 saturated heterocycles. The lowest BCUT2D eigenvalue weighted by molar-refractivity contribution is -0.144. The minimum atomic E-state index is -1.42. The molecule has 1 rings (SSSR count). The second-order valence-corrected chi connectivity index (χ2v) is 5.23. The molecule has 21 heavy (non-hydrogen) atoms. The van der Waals surface area contributed by atoms with Crippen LogP contribution in [0.4, 0.5) is 0 Å². The molecule has 0 aliphatic carbocycles. The van der Waals surface area contributed by atoms with Crippen molar-refractivity contribution in [2.45, 2.75) is 19.1 Å². The number of carboxylic acid groups (broad SMARTS) is 1. The summed E-state index contributed by atoms with van der Waals surface area (Å²) in [4.78, 5) is 34.1. The van der Waals surface area contributed by atoms with Gasteiger partial charge in [-0.1, -0.05) is 22.0 Å². The Kier molecular flexibility index (Phi) is 6.32. The standard InChI is InChI=1S/C13H15BrN2O5/c1-7(17)11(13(20)21)16-10(18)6-15-12(19)8-3-2-4-9(14)5-8/h2-5,7,11,17H,6H2,1H3,(H,15,19)(H,16,18)(H,20,21)/t7-,11+/m1/s1. The van der Waals surface area contributed by atoms with Crippen LogP contribution in [-0.2, 0) is 9.59 Å². The lowest BCUT2D eigenvalue weighted by Crippen LogP contribution is -2.50. The van der Waals surface area contributed by atoms with Crippen LogP contribution in [0.25, 0.3) is 0 Å². The first-order chi connectivity index (χ1) is 9.81. The maximum atomic E-state index is 11.8. The van der Waals surface area contributed by atoms with Crippen LogP contribution in [0.2, 0.25) is 0 Å². The Morgan fingerprint density at radius 1 is 1.33 bits per heavy atom. The maximum absolute atomic E-state index is 11.8. The van der Waals surface area contributed by atoms with Gasteiger partial charge in [0.25, 0.3) is 5.91 Å². The van der Waals surface area contributed by atoms with Crippen molar-refractivity contribution in [2.24, 2.45) is 0 Å². The van der Waals surface area contributed by atoms with E-state index in [9.17, 15) is 19.5 Å². The number of hydrogen-bond donors (Lipinski definition) is 4. The maximum Gasteiger partial charge on any atom is 0.328 e. The lowest BCUT2D eigenvalue weighted by Gasteiger charge is -2.17. The van der Waals surface area contributed by atoms with E-state index >= 15 is 0 Å². The molecule has 0 fully saturated rings. The average molecular weight is 359 g/mol. The third kappa shape index (κ3) is 5.52. The highest BCUT2D eigenvalue weighted by molar-refractivity contribution is 9.10. The van der Waals surface area contributed by atoms with Gasteiger partial charge in [0, 0.05) is 10.0 Å². The van der Waals surface area contributed by atoms with Crippen molar-refractivity contribution in [3.63, 3.8) is 0 Å². The Balaban J connectivity index is 2.53. The van der Waals surface area contributed by atoms with Gasteiger partial charge in [-0.2, -0.15) is 0 Å². The molecular weight excluding hydrogens is 344 g/mol. The summed E-state index contributed by atoms with van der Waals surface area (Å²) in [6.07, 6.45) is -1.24. The minimum Gasteiger partial charge on any atom is -0.480 e. The molecule has 2 atom stereocenters. The SMILES string of the molecule is C[C@@H](O)[C@H](NC(=O)CNC(=O)c1cccc(Br)c1)C(=O)O. The number of amides is 2. The third-order valence-corrected chi connectivity index (χ3v) is 3.05. The fraction of sp³-hybridized carbons (Fsp3) is 0.308. The number of carbonyl (C=O) groups excluding carboxylic acids is 2. The van der Waals surface area contributed by atoms with Gasteiger partial charge in [-0.25, -0.2) is 4.79 Å². The number of benzene rings is 1. The van der Waals surface area contributed by atoms with Crippen LogP contribution >= 0.6 is 15.9 Å². The molecule has 0 spiro atoms. The number of hydrogen-bond acceptors (Lipinski definition) is 4. The van der Waals surface area contributed by atoms with E-state index in [4.69, 9.17) is 5.11 Å². The normalized spacial score (nSPS) is 13.1. The van der Waals surface area contributed by atoms with Crippen LogP contribution in [0, 0.1) is 0 Å². The summed E-state index contributed by atoms with van der Waals surface area (Å²) in [7, 11) is 0. The molecule has 1 aromatic rings. The van der Waals surface area contributed by atoms with Gasteiger partial charge < -0.3 is 20.8 Å². The molecule has 0 aliphatic rings. The Labute approximate surface area is 129 Å². The number of aliphatic carboxylic acids is 1. The third-order valence-electron chi connectivity index (χ3n) is 2.56. The summed E-state index contributed by atoms with van der Waals surface area (Å²) in [5.41, 5.74) is 0.363. The molecule has 0 aromatic heterocycles. The molecule has 8 heteroatoms. The van der Waals surface area contributed by atoms with Gasteiger partial charge >= 0.3 is 5.97 Å². The van der Waals surface area contributed by atoms with Gasteiger partial charge in [0.1, 0.15) is 0 Å². The number of nitrogens with one attached hydrogen (secondary N) is 2. The number of carbonyl (C=O) groups is 3. The molecule has 0 saturated carbocycles. The van der Waals surface area contributed by atoms with Crippen molar-refractivity contribution in [3.05, 3.63) is 34.3 Å². The van der Waals surface area contributed by atoms with E-state index < -0.39 is 29.9 Å². The zero-order valence-electron chi connectivity index (χ0n) is 11.2. The second kappa shape index (κ2) is 7.75. The topological polar surface area (TPSA) is 116 Å². The zero-order valence-corrected chi connectivity index (χ0v) is 12.8. The first-order valence-corrected chi connectivity index (χ1v) is 6.84. The van der Waals surface area contributed by atoms with Gasteiger partial charge in [-0.05, 0) is 25.1 Å². The highest BCUT2D eigenvalue weighted by Crippen LogP contribution is 2.11. The van der Waals surface area contributed by atoms with E-state index in [0.29, 0.717) is 5.56 Å². The van der Waals surface area contributed by atoms with Crippen LogP contribution in [0.5, 0.6) is 0 Å². The van der Waals surface area contributed by atoms with E-state index in [-0.39, 0.29) is 6.54 Å². The number of halogens is 1. The molecule has 7 nitrogen and oxygen atoms in total. The van der Waals surface area contributed by atoms with Crippen LogP contribution < -0.4 is 10.6 Å². The Bertz CT molecular complexity index is 547. The summed E-state index contributed by atoms with van der Waals surface area (Å²) in [6.45, 7) is 0.862. The van der Waals surface area contributed by atoms with Crippen LogP contribution in [0.3, 0.4) is 0 Å². The van der Waals surface area contributed by atoms with Crippen molar-refractivity contribution in [3.8, 4) is 0 Å². The van der Waals surface area contributed by atoms with E-state index in [1.165, 1.54) is 6.92 Å². The number of aliphatic hydroxyl groups is 1. The van der Waals surface area contributed by atoms with Gasteiger partial charge in [-0.15, -0.1) is 0 Å². The molecule has 2 amide bonds. The Morgan fingerprint density at radius 2 is 2.00 bits per heavy atom. The Morgan fingerprint density at radius 3 is 2.52 bits per heavy atom. The predicted molar refractivity (Wildman–Crippen MR) is 77.7 cm³/mol. The van der Waals surface area contributed by atoms with E-state index in [0.717, 1.165) is 4.47 Å². The quantitative estimate of drug-likeness (QED) is 0.576. The summed E-state index contributed by atoms with van der Waals surface area (Å²) in [5, 5.41) is 22.5. The summed E-state index contributed by atoms with van der Waals surface area (Å²) >= 11 is 3.22. The fourth-order valence-corrected chi connectivity index (χ4v) is 1.90. The summed E-state index contributed by atoms with van der Waals surface area (Å²) < 4.78 is 0.722. The molecule has 0 heterocycles. The molecule has 0 aliphatic heterocycles. The first-order valence-electron chi connectivity index (χ1n) is 6.05. The van der Waals surface area contributed by atoms with Crippen LogP contribution in [0.15, 0.2) is 28.7 Å². The van der Waals surface area contributed by atoms with Crippen molar-refractivity contribution in [1.29, 1.82) is 0 Å². The molecular formula is C13H15BrN2O5. The van der Waals surface area contributed by atoms with Crippen LogP contribution in [0.1, 0.15) is 17.3 Å². The Hall–Kier alpha value is -1.93. The molecule has 1 aromatic carbocycles. The zero-order chi connectivity index (χ0) is 16.0. The smallest absolute Gasteiger partial charge is 0.328 e.